The normalized spacial score (nSPS) is 36.7. The summed E-state index contributed by atoms with van der Waals surface area (Å²) in [6, 6.07) is 0.625. The molecule has 6 heteroatoms. The molecule has 5 nitrogen and oxygen atoms in total. The molecule has 3 saturated heterocycles. The molecule has 0 amide bonds. The van der Waals surface area contributed by atoms with Gasteiger partial charge in [0.15, 0.2) is 0 Å². The van der Waals surface area contributed by atoms with Crippen molar-refractivity contribution >= 4 is 10.2 Å². The lowest BCUT2D eigenvalue weighted by Gasteiger charge is -2.40. The molecule has 0 saturated carbocycles. The van der Waals surface area contributed by atoms with Crippen LogP contribution in [0.5, 0.6) is 0 Å². The fourth-order valence-electron chi connectivity index (χ4n) is 4.58. The molecule has 3 aliphatic heterocycles. The predicted molar refractivity (Wildman–Crippen MR) is 88.8 cm³/mol. The van der Waals surface area contributed by atoms with E-state index in [1.54, 1.807) is 8.61 Å². The lowest BCUT2D eigenvalue weighted by molar-refractivity contribution is 0.188. The van der Waals surface area contributed by atoms with Gasteiger partial charge < -0.3 is 5.32 Å². The zero-order valence-electron chi connectivity index (χ0n) is 14.0. The molecule has 0 aromatic heterocycles. The molecule has 3 aliphatic rings. The fraction of sp³-hybridized carbons (Fsp3) is 1.00. The van der Waals surface area contributed by atoms with Crippen LogP contribution in [0.3, 0.4) is 0 Å². The van der Waals surface area contributed by atoms with Crippen molar-refractivity contribution in [2.45, 2.75) is 52.0 Å². The van der Waals surface area contributed by atoms with Crippen LogP contribution >= 0.6 is 0 Å². The third kappa shape index (κ3) is 3.50. The van der Waals surface area contributed by atoms with Crippen LogP contribution in [-0.2, 0) is 10.2 Å². The summed E-state index contributed by atoms with van der Waals surface area (Å²) in [5.74, 6) is 1.60. The van der Waals surface area contributed by atoms with Gasteiger partial charge in [0.05, 0.1) is 0 Å². The van der Waals surface area contributed by atoms with E-state index >= 15 is 0 Å². The van der Waals surface area contributed by atoms with Crippen molar-refractivity contribution in [3.63, 3.8) is 0 Å². The van der Waals surface area contributed by atoms with Crippen LogP contribution in [-0.4, -0.2) is 55.8 Å². The van der Waals surface area contributed by atoms with Crippen molar-refractivity contribution in [3.05, 3.63) is 0 Å². The Morgan fingerprint density at radius 1 is 0.955 bits per heavy atom. The standard InChI is InChI=1S/C16H31N3O2S/c1-13-10-14(2)12-19(11-13)22(20,21)18-8-5-15(6-9-18)16-4-3-7-17-16/h13-17H,3-12H2,1-2H3. The maximum Gasteiger partial charge on any atom is 0.281 e. The first kappa shape index (κ1) is 16.7. The summed E-state index contributed by atoms with van der Waals surface area (Å²) in [6.45, 7) is 8.24. The lowest BCUT2D eigenvalue weighted by atomic mass is 9.89. The fourth-order valence-corrected chi connectivity index (χ4v) is 6.46. The Morgan fingerprint density at radius 3 is 2.14 bits per heavy atom. The van der Waals surface area contributed by atoms with Crippen LogP contribution in [0.1, 0.15) is 46.0 Å². The van der Waals surface area contributed by atoms with Crippen LogP contribution in [0.25, 0.3) is 0 Å². The number of rotatable bonds is 3. The quantitative estimate of drug-likeness (QED) is 0.857. The Balaban J connectivity index is 1.59. The summed E-state index contributed by atoms with van der Waals surface area (Å²) >= 11 is 0. The van der Waals surface area contributed by atoms with Gasteiger partial charge in [-0.05, 0) is 56.4 Å². The second-order valence-electron chi connectivity index (χ2n) is 7.71. The van der Waals surface area contributed by atoms with Crippen molar-refractivity contribution in [1.82, 2.24) is 13.9 Å². The molecule has 128 valence electrons. The van der Waals surface area contributed by atoms with Crippen molar-refractivity contribution in [3.8, 4) is 0 Å². The first-order valence-corrected chi connectivity index (χ1v) is 10.3. The summed E-state index contributed by atoms with van der Waals surface area (Å²) < 4.78 is 29.3. The molecule has 0 spiro atoms. The zero-order valence-corrected chi connectivity index (χ0v) is 14.8. The molecular weight excluding hydrogens is 298 g/mol. The smallest absolute Gasteiger partial charge is 0.281 e. The number of nitrogens with one attached hydrogen (secondary N) is 1. The molecule has 3 heterocycles. The Kier molecular flexibility index (Phi) is 5.12. The van der Waals surface area contributed by atoms with E-state index in [0.717, 1.165) is 25.8 Å². The van der Waals surface area contributed by atoms with Gasteiger partial charge in [0.2, 0.25) is 0 Å². The predicted octanol–water partition coefficient (Wildman–Crippen LogP) is 1.67. The van der Waals surface area contributed by atoms with E-state index in [2.05, 4.69) is 19.2 Å². The third-order valence-corrected chi connectivity index (χ3v) is 7.62. The molecule has 3 fully saturated rings. The molecule has 0 aromatic carbocycles. The van der Waals surface area contributed by atoms with Crippen LogP contribution in [0.4, 0.5) is 0 Å². The molecule has 0 aromatic rings. The van der Waals surface area contributed by atoms with Crippen LogP contribution in [0, 0.1) is 17.8 Å². The van der Waals surface area contributed by atoms with Gasteiger partial charge in [-0.1, -0.05) is 13.8 Å². The third-order valence-electron chi connectivity index (χ3n) is 5.65. The first-order valence-electron chi connectivity index (χ1n) is 8.95. The summed E-state index contributed by atoms with van der Waals surface area (Å²) in [4.78, 5) is 0. The highest BCUT2D eigenvalue weighted by molar-refractivity contribution is 7.86. The summed E-state index contributed by atoms with van der Waals surface area (Å²) in [5, 5.41) is 3.58. The minimum Gasteiger partial charge on any atom is -0.314 e. The van der Waals surface area contributed by atoms with Gasteiger partial charge in [-0.15, -0.1) is 0 Å². The Hall–Kier alpha value is -0.170. The maximum atomic E-state index is 12.9. The monoisotopic (exact) mass is 329 g/mol. The Morgan fingerprint density at radius 2 is 1.59 bits per heavy atom. The lowest BCUT2D eigenvalue weighted by Crippen LogP contribution is -2.52. The van der Waals surface area contributed by atoms with E-state index in [9.17, 15) is 8.42 Å². The summed E-state index contributed by atoms with van der Waals surface area (Å²) in [7, 11) is -3.25. The summed E-state index contributed by atoms with van der Waals surface area (Å²) in [6.07, 6.45) is 5.69. The Labute approximate surface area is 135 Å². The molecule has 1 N–H and O–H groups in total. The van der Waals surface area contributed by atoms with Gasteiger partial charge in [-0.2, -0.15) is 17.0 Å². The van der Waals surface area contributed by atoms with Gasteiger partial charge in [0.1, 0.15) is 0 Å². The van der Waals surface area contributed by atoms with Crippen LogP contribution < -0.4 is 5.32 Å². The van der Waals surface area contributed by atoms with Crippen LogP contribution in [0.15, 0.2) is 0 Å². The molecular formula is C16H31N3O2S. The van der Waals surface area contributed by atoms with Gasteiger partial charge in [-0.25, -0.2) is 0 Å². The maximum absolute atomic E-state index is 12.9. The minimum atomic E-state index is -3.25. The van der Waals surface area contributed by atoms with Crippen LogP contribution in [0.2, 0.25) is 0 Å². The van der Waals surface area contributed by atoms with Gasteiger partial charge >= 0.3 is 0 Å². The van der Waals surface area contributed by atoms with Gasteiger partial charge in [-0.3, -0.25) is 0 Å². The molecule has 0 bridgehead atoms. The molecule has 22 heavy (non-hydrogen) atoms. The first-order chi connectivity index (χ1) is 10.5. The van der Waals surface area contributed by atoms with Gasteiger partial charge in [0.25, 0.3) is 10.2 Å². The van der Waals surface area contributed by atoms with Crippen molar-refractivity contribution in [1.29, 1.82) is 0 Å². The second-order valence-corrected chi connectivity index (χ2v) is 9.64. The molecule has 3 rings (SSSR count). The highest BCUT2D eigenvalue weighted by Crippen LogP contribution is 2.30. The summed E-state index contributed by atoms with van der Waals surface area (Å²) in [5.41, 5.74) is 0. The highest BCUT2D eigenvalue weighted by atomic mass is 32.2. The average molecular weight is 330 g/mol. The average Bonchev–Trinajstić information content (AvgIpc) is 3.00. The van der Waals surface area contributed by atoms with E-state index < -0.39 is 10.2 Å². The number of hydrogen-bond donors (Lipinski definition) is 1. The number of hydrogen-bond acceptors (Lipinski definition) is 3. The molecule has 0 aliphatic carbocycles. The number of nitrogens with zero attached hydrogens (tertiary/aromatic N) is 2. The van der Waals surface area contributed by atoms with Crippen molar-refractivity contribution in [2.24, 2.45) is 17.8 Å². The van der Waals surface area contributed by atoms with Gasteiger partial charge in [0, 0.05) is 32.2 Å². The molecule has 0 radical (unpaired) electrons. The zero-order chi connectivity index (χ0) is 15.7. The topological polar surface area (TPSA) is 52.7 Å². The molecule has 3 atom stereocenters. The SMILES string of the molecule is CC1CC(C)CN(S(=O)(=O)N2CCC(C3CCCN3)CC2)C1. The Bertz CT molecular complexity index is 458. The largest absolute Gasteiger partial charge is 0.314 e. The minimum absolute atomic E-state index is 0.471. The highest BCUT2D eigenvalue weighted by Gasteiger charge is 2.38. The van der Waals surface area contributed by atoms with E-state index in [-0.39, 0.29) is 0 Å². The van der Waals surface area contributed by atoms with E-state index in [4.69, 9.17) is 0 Å². The van der Waals surface area contributed by atoms with Crippen molar-refractivity contribution in [2.75, 3.05) is 32.7 Å². The molecule has 3 unspecified atom stereocenters. The van der Waals surface area contributed by atoms with E-state index in [1.165, 1.54) is 12.8 Å². The second kappa shape index (κ2) is 6.75. The van der Waals surface area contributed by atoms with Crippen molar-refractivity contribution < 1.29 is 8.42 Å². The van der Waals surface area contributed by atoms with E-state index in [0.29, 0.717) is 50.0 Å². The number of piperidine rings is 2. The van der Waals surface area contributed by atoms with E-state index in [1.807, 2.05) is 0 Å².